The fraction of sp³-hybridized carbons (Fsp3) is 0.909. The van der Waals surface area contributed by atoms with E-state index in [-0.39, 0.29) is 5.88 Å². The van der Waals surface area contributed by atoms with E-state index in [0.717, 1.165) is 6.04 Å². The minimum Gasteiger partial charge on any atom is -0.374 e. The fourth-order valence-electron chi connectivity index (χ4n) is 1.23. The van der Waals surface area contributed by atoms with E-state index in [2.05, 4.69) is 37.3 Å². The number of ether oxygens (including phenoxy) is 1. The Bertz CT molecular complexity index is 260. The quantitative estimate of drug-likeness (QED) is 0.138. The van der Waals surface area contributed by atoms with E-state index >= 15 is 0 Å². The number of halogens is 1. The summed E-state index contributed by atoms with van der Waals surface area (Å²) in [5.74, 6) is 1.19. The zero-order valence-electron chi connectivity index (χ0n) is 11.7. The summed E-state index contributed by atoms with van der Waals surface area (Å²) in [6.45, 7) is 9.58. The van der Waals surface area contributed by atoms with Crippen LogP contribution in [0.25, 0.3) is 0 Å². The lowest BCUT2D eigenvalue weighted by molar-refractivity contribution is -0.0161. The molecule has 0 radical (unpaired) electrons. The van der Waals surface area contributed by atoms with E-state index in [1.54, 1.807) is 11.8 Å². The molecule has 0 bridgehead atoms. The first-order chi connectivity index (χ1) is 8.31. The van der Waals surface area contributed by atoms with Crippen LogP contribution in [-0.4, -0.2) is 55.2 Å². The smallest absolute Gasteiger partial charge is 0.127 e. The van der Waals surface area contributed by atoms with Gasteiger partial charge in [0, 0.05) is 14.7 Å². The maximum Gasteiger partial charge on any atom is 0.127 e. The van der Waals surface area contributed by atoms with Crippen molar-refractivity contribution >= 4 is 38.1 Å². The molecule has 0 fully saturated rings. The van der Waals surface area contributed by atoms with Crippen molar-refractivity contribution < 1.29 is 9.84 Å². The van der Waals surface area contributed by atoms with Gasteiger partial charge < -0.3 is 14.7 Å². The molecule has 1 unspecified atom stereocenters. The van der Waals surface area contributed by atoms with Gasteiger partial charge in [-0.25, -0.2) is 0 Å². The third-order valence-corrected chi connectivity index (χ3v) is 4.47. The summed E-state index contributed by atoms with van der Waals surface area (Å²) < 4.78 is 5.60. The summed E-state index contributed by atoms with van der Waals surface area (Å²) in [6.07, 6.45) is -0.672. The Morgan fingerprint density at radius 2 is 2.11 bits per heavy atom. The highest BCUT2D eigenvalue weighted by Crippen LogP contribution is 2.08. The number of hydrogen-bond acceptors (Lipinski definition) is 4. The molecule has 0 amide bonds. The molecule has 0 aliphatic carbocycles. The number of rotatable bonds is 8. The van der Waals surface area contributed by atoms with Gasteiger partial charge in [-0.2, -0.15) is 12.6 Å². The summed E-state index contributed by atoms with van der Waals surface area (Å²) in [4.78, 5) is 5.78. The summed E-state index contributed by atoms with van der Waals surface area (Å²) in [5, 5.41) is 9.69. The third-order valence-electron chi connectivity index (χ3n) is 2.38. The van der Waals surface area contributed by atoms with Crippen LogP contribution < -0.4 is 0 Å². The Morgan fingerprint density at radius 1 is 1.50 bits per heavy atom. The molecule has 0 rings (SSSR count). The number of amidine groups is 1. The van der Waals surface area contributed by atoms with Gasteiger partial charge in [-0.05, 0) is 13.0 Å². The van der Waals surface area contributed by atoms with Gasteiger partial charge in [-0.15, -0.1) is 11.6 Å². The second-order valence-corrected chi connectivity index (χ2v) is 11.5. The largest absolute Gasteiger partial charge is 0.374 e. The SMILES string of the molecule is CC(O)N(COCC[Si](C)(C)C)C(CCl)=NCS. The van der Waals surface area contributed by atoms with Crippen LogP contribution in [0, 0.1) is 0 Å². The Morgan fingerprint density at radius 3 is 2.50 bits per heavy atom. The van der Waals surface area contributed by atoms with Gasteiger partial charge in [0.25, 0.3) is 0 Å². The summed E-state index contributed by atoms with van der Waals surface area (Å²) in [6, 6.07) is 1.10. The normalized spacial score (nSPS) is 14.7. The Hall–Kier alpha value is 0.247. The van der Waals surface area contributed by atoms with E-state index < -0.39 is 14.3 Å². The van der Waals surface area contributed by atoms with E-state index in [0.29, 0.717) is 25.1 Å². The van der Waals surface area contributed by atoms with Gasteiger partial charge in [0.1, 0.15) is 18.8 Å². The number of aliphatic hydroxyl groups excluding tert-OH is 1. The predicted octanol–water partition coefficient (Wildman–Crippen LogP) is 2.46. The zero-order valence-corrected chi connectivity index (χ0v) is 14.3. The minimum atomic E-state index is -1.08. The third kappa shape index (κ3) is 8.37. The van der Waals surface area contributed by atoms with Gasteiger partial charge in [0.05, 0.1) is 11.8 Å². The van der Waals surface area contributed by atoms with Gasteiger partial charge in [-0.1, -0.05) is 19.6 Å². The number of aliphatic hydroxyl groups is 1. The predicted molar refractivity (Wildman–Crippen MR) is 84.5 cm³/mol. The van der Waals surface area contributed by atoms with Gasteiger partial charge in [0.15, 0.2) is 0 Å². The lowest BCUT2D eigenvalue weighted by atomic mass is 10.5. The lowest BCUT2D eigenvalue weighted by Gasteiger charge is -2.28. The number of alkyl halides is 1. The molecule has 0 aromatic rings. The molecule has 0 heterocycles. The van der Waals surface area contributed by atoms with Gasteiger partial charge in [-0.3, -0.25) is 4.99 Å². The van der Waals surface area contributed by atoms with Crippen LogP contribution in [0.5, 0.6) is 0 Å². The van der Waals surface area contributed by atoms with Crippen LogP contribution in [0.3, 0.4) is 0 Å². The maximum absolute atomic E-state index is 9.69. The molecule has 0 aromatic heterocycles. The molecule has 4 nitrogen and oxygen atoms in total. The van der Waals surface area contributed by atoms with Crippen LogP contribution in [0.4, 0.5) is 0 Å². The summed E-state index contributed by atoms with van der Waals surface area (Å²) in [7, 11) is -1.08. The molecule has 7 heteroatoms. The second kappa shape index (κ2) is 9.20. The standard InChI is InChI=1S/C11H25ClN2O2SSi/c1-10(15)14(11(7-12)13-8-17)9-16-5-6-18(2,3)4/h10,15,17H,5-9H2,1-4H3. The van der Waals surface area contributed by atoms with Gasteiger partial charge >= 0.3 is 0 Å². The van der Waals surface area contributed by atoms with Crippen molar-refractivity contribution in [1.82, 2.24) is 4.90 Å². The van der Waals surface area contributed by atoms with Crippen molar-refractivity contribution in [3.8, 4) is 0 Å². The molecule has 108 valence electrons. The molecule has 1 N–H and O–H groups in total. The molecule has 0 saturated carbocycles. The van der Waals surface area contributed by atoms with Crippen molar-refractivity contribution in [2.75, 3.05) is 25.1 Å². The number of thiol groups is 1. The summed E-state index contributed by atoms with van der Waals surface area (Å²) >= 11 is 9.84. The molecule has 0 aromatic carbocycles. The highest BCUT2D eigenvalue weighted by molar-refractivity contribution is 7.80. The van der Waals surface area contributed by atoms with Crippen LogP contribution in [-0.2, 0) is 4.74 Å². The average molecular weight is 313 g/mol. The molecular weight excluding hydrogens is 288 g/mol. The lowest BCUT2D eigenvalue weighted by Crippen LogP contribution is -2.41. The zero-order chi connectivity index (χ0) is 14.2. The topological polar surface area (TPSA) is 45.1 Å². The van der Waals surface area contributed by atoms with Crippen LogP contribution >= 0.6 is 24.2 Å². The van der Waals surface area contributed by atoms with Crippen molar-refractivity contribution in [2.45, 2.75) is 38.8 Å². The molecule has 18 heavy (non-hydrogen) atoms. The molecular formula is C11H25ClN2O2SSi. The van der Waals surface area contributed by atoms with E-state index in [1.165, 1.54) is 0 Å². The van der Waals surface area contributed by atoms with E-state index in [9.17, 15) is 5.11 Å². The van der Waals surface area contributed by atoms with E-state index in [1.807, 2.05) is 0 Å². The van der Waals surface area contributed by atoms with Crippen LogP contribution in [0.15, 0.2) is 4.99 Å². The number of hydrogen-bond donors (Lipinski definition) is 2. The Labute approximate surface area is 122 Å². The van der Waals surface area contributed by atoms with Crippen molar-refractivity contribution in [3.63, 3.8) is 0 Å². The van der Waals surface area contributed by atoms with Crippen LogP contribution in [0.2, 0.25) is 25.7 Å². The number of aliphatic imine (C=N–C) groups is 1. The van der Waals surface area contributed by atoms with E-state index in [4.69, 9.17) is 16.3 Å². The molecule has 0 aliphatic rings. The Kier molecular flexibility index (Phi) is 9.32. The minimum absolute atomic E-state index is 0.239. The molecule has 0 aliphatic heterocycles. The first-order valence-electron chi connectivity index (χ1n) is 6.04. The molecule has 1 atom stereocenters. The second-order valence-electron chi connectivity index (χ2n) is 5.30. The molecule has 0 spiro atoms. The number of nitrogens with zero attached hydrogens (tertiary/aromatic N) is 2. The maximum atomic E-state index is 9.69. The highest BCUT2D eigenvalue weighted by atomic mass is 35.5. The molecule has 0 saturated heterocycles. The van der Waals surface area contributed by atoms with Crippen molar-refractivity contribution in [3.05, 3.63) is 0 Å². The van der Waals surface area contributed by atoms with Crippen molar-refractivity contribution in [1.29, 1.82) is 0 Å². The monoisotopic (exact) mass is 312 g/mol. The van der Waals surface area contributed by atoms with Crippen LogP contribution in [0.1, 0.15) is 6.92 Å². The van der Waals surface area contributed by atoms with Gasteiger partial charge in [0.2, 0.25) is 0 Å². The first-order valence-corrected chi connectivity index (χ1v) is 10.9. The average Bonchev–Trinajstić information content (AvgIpc) is 2.25. The highest BCUT2D eigenvalue weighted by Gasteiger charge is 2.17. The Balaban J connectivity index is 4.25. The summed E-state index contributed by atoms with van der Waals surface area (Å²) in [5.41, 5.74) is 0. The first kappa shape index (κ1) is 18.2. The van der Waals surface area contributed by atoms with Crippen molar-refractivity contribution in [2.24, 2.45) is 4.99 Å². The fourth-order valence-corrected chi connectivity index (χ4v) is 2.39.